The number of rotatable bonds is 6. The van der Waals surface area contributed by atoms with Crippen LogP contribution >= 0.6 is 12.2 Å². The molecule has 8 heteroatoms. The molecule has 0 radical (unpaired) electrons. The van der Waals surface area contributed by atoms with E-state index in [2.05, 4.69) is 15.5 Å². The van der Waals surface area contributed by atoms with E-state index in [0.717, 1.165) is 38.5 Å². The van der Waals surface area contributed by atoms with Gasteiger partial charge in [-0.2, -0.15) is 5.10 Å². The zero-order valence-corrected chi connectivity index (χ0v) is 14.7. The molecule has 1 aromatic rings. The molecular weight excluding hydrogens is 328 g/mol. The lowest BCUT2D eigenvalue weighted by Crippen LogP contribution is -2.24. The van der Waals surface area contributed by atoms with E-state index in [-0.39, 0.29) is 28.2 Å². The summed E-state index contributed by atoms with van der Waals surface area (Å²) in [5, 5.41) is 14.3. The standard InChI is InChI=1S/C16H24N4O3S/c1-2-3-9-13(21)19-17-10-12-14(22)18-16(24)20(15(12)23)11-7-5-4-6-8-11/h10-11,23H,2-9H2,1H3,(H,19,21)(H,18,22,24). The van der Waals surface area contributed by atoms with Crippen molar-refractivity contribution in [2.75, 3.05) is 0 Å². The summed E-state index contributed by atoms with van der Waals surface area (Å²) in [6.45, 7) is 1.99. The monoisotopic (exact) mass is 352 g/mol. The summed E-state index contributed by atoms with van der Waals surface area (Å²) in [6.07, 6.45) is 8.39. The summed E-state index contributed by atoms with van der Waals surface area (Å²) in [4.78, 5) is 26.2. The van der Waals surface area contributed by atoms with Gasteiger partial charge in [0.05, 0.1) is 6.21 Å². The molecule has 132 valence electrons. The first-order valence-corrected chi connectivity index (χ1v) is 8.85. The summed E-state index contributed by atoms with van der Waals surface area (Å²) in [7, 11) is 0. The van der Waals surface area contributed by atoms with Crippen LogP contribution in [0.4, 0.5) is 0 Å². The highest BCUT2D eigenvalue weighted by atomic mass is 32.1. The Morgan fingerprint density at radius 2 is 2.17 bits per heavy atom. The summed E-state index contributed by atoms with van der Waals surface area (Å²) >= 11 is 5.20. The van der Waals surface area contributed by atoms with Gasteiger partial charge in [-0.1, -0.05) is 32.6 Å². The molecule has 1 aliphatic carbocycles. The number of hydrazone groups is 1. The fourth-order valence-electron chi connectivity index (χ4n) is 2.91. The van der Waals surface area contributed by atoms with Gasteiger partial charge < -0.3 is 5.11 Å². The number of nitrogens with zero attached hydrogens (tertiary/aromatic N) is 2. The average molecular weight is 352 g/mol. The number of amides is 1. The lowest BCUT2D eigenvalue weighted by molar-refractivity contribution is -0.121. The molecule has 7 nitrogen and oxygen atoms in total. The maximum absolute atomic E-state index is 12.0. The Bertz CT molecular complexity index is 717. The predicted octanol–water partition coefficient (Wildman–Crippen LogP) is 2.76. The molecule has 0 unspecified atom stereocenters. The highest BCUT2D eigenvalue weighted by molar-refractivity contribution is 7.71. The molecule has 0 atom stereocenters. The van der Waals surface area contributed by atoms with Crippen LogP contribution in [0.5, 0.6) is 5.88 Å². The average Bonchev–Trinajstić information content (AvgIpc) is 2.56. The molecule has 1 aliphatic rings. The zero-order chi connectivity index (χ0) is 17.5. The lowest BCUT2D eigenvalue weighted by atomic mass is 9.95. The molecule has 1 saturated carbocycles. The molecule has 0 aromatic carbocycles. The van der Waals surface area contributed by atoms with Crippen molar-refractivity contribution in [1.82, 2.24) is 15.0 Å². The zero-order valence-electron chi connectivity index (χ0n) is 13.9. The van der Waals surface area contributed by atoms with Crippen molar-refractivity contribution in [2.45, 2.75) is 64.3 Å². The van der Waals surface area contributed by atoms with E-state index in [1.54, 1.807) is 4.57 Å². The van der Waals surface area contributed by atoms with Crippen LogP contribution in [0.2, 0.25) is 0 Å². The van der Waals surface area contributed by atoms with Gasteiger partial charge in [-0.15, -0.1) is 0 Å². The van der Waals surface area contributed by atoms with Gasteiger partial charge in [0.25, 0.3) is 5.56 Å². The molecule has 0 bridgehead atoms. The van der Waals surface area contributed by atoms with Crippen molar-refractivity contribution < 1.29 is 9.90 Å². The van der Waals surface area contributed by atoms with Crippen LogP contribution < -0.4 is 11.0 Å². The molecule has 0 aliphatic heterocycles. The first-order chi connectivity index (χ1) is 11.5. The second kappa shape index (κ2) is 8.77. The summed E-state index contributed by atoms with van der Waals surface area (Å²) < 4.78 is 1.81. The van der Waals surface area contributed by atoms with Crippen molar-refractivity contribution >= 4 is 24.3 Å². The number of hydrogen-bond acceptors (Lipinski definition) is 5. The Hall–Kier alpha value is -1.96. The maximum atomic E-state index is 12.0. The van der Waals surface area contributed by atoms with Crippen LogP contribution in [0, 0.1) is 4.77 Å². The fraction of sp³-hybridized carbons (Fsp3) is 0.625. The van der Waals surface area contributed by atoms with Gasteiger partial charge in [0.2, 0.25) is 11.8 Å². The predicted molar refractivity (Wildman–Crippen MR) is 94.9 cm³/mol. The van der Waals surface area contributed by atoms with Crippen molar-refractivity contribution in [3.8, 4) is 5.88 Å². The minimum atomic E-state index is -0.517. The molecule has 2 rings (SSSR count). The fourth-order valence-corrected chi connectivity index (χ4v) is 3.24. The van der Waals surface area contributed by atoms with Gasteiger partial charge in [-0.25, -0.2) is 5.43 Å². The number of unbranched alkanes of at least 4 members (excludes halogenated alkanes) is 1. The van der Waals surface area contributed by atoms with E-state index in [0.29, 0.717) is 6.42 Å². The number of carbonyl (C=O) groups excluding carboxylic acids is 1. The second-order valence-electron chi connectivity index (χ2n) is 6.06. The Kier molecular flexibility index (Phi) is 6.72. The molecule has 1 aromatic heterocycles. The third kappa shape index (κ3) is 4.53. The van der Waals surface area contributed by atoms with Gasteiger partial charge >= 0.3 is 0 Å². The van der Waals surface area contributed by atoms with Crippen LogP contribution in [-0.4, -0.2) is 26.8 Å². The van der Waals surface area contributed by atoms with Crippen LogP contribution in [0.1, 0.15) is 69.9 Å². The van der Waals surface area contributed by atoms with Crippen molar-refractivity contribution in [2.24, 2.45) is 5.10 Å². The highest BCUT2D eigenvalue weighted by Crippen LogP contribution is 2.31. The lowest BCUT2D eigenvalue weighted by Gasteiger charge is -2.25. The van der Waals surface area contributed by atoms with E-state index < -0.39 is 5.56 Å². The largest absolute Gasteiger partial charge is 0.494 e. The normalized spacial score (nSPS) is 15.7. The summed E-state index contributed by atoms with van der Waals surface area (Å²) in [5.41, 5.74) is 1.85. The molecule has 1 fully saturated rings. The molecule has 24 heavy (non-hydrogen) atoms. The van der Waals surface area contributed by atoms with Crippen LogP contribution in [0.25, 0.3) is 0 Å². The number of hydrogen-bond donors (Lipinski definition) is 3. The molecule has 1 amide bonds. The number of nitrogens with one attached hydrogen (secondary N) is 2. The molecule has 0 saturated heterocycles. The number of aromatic nitrogens is 2. The topological polar surface area (TPSA) is 99.5 Å². The van der Waals surface area contributed by atoms with Crippen molar-refractivity contribution in [3.05, 3.63) is 20.7 Å². The SMILES string of the molecule is CCCCC(=O)NN=Cc1c(O)n(C2CCCCC2)c(=S)[nH]c1=O. The summed E-state index contributed by atoms with van der Waals surface area (Å²) in [5.74, 6) is -0.411. The van der Waals surface area contributed by atoms with Gasteiger partial charge in [0.1, 0.15) is 5.56 Å². The summed E-state index contributed by atoms with van der Waals surface area (Å²) in [6, 6.07) is 0.0781. The van der Waals surface area contributed by atoms with E-state index in [9.17, 15) is 14.7 Å². The Balaban J connectivity index is 2.22. The first kappa shape index (κ1) is 18.4. The minimum Gasteiger partial charge on any atom is -0.494 e. The van der Waals surface area contributed by atoms with Crippen molar-refractivity contribution in [1.29, 1.82) is 0 Å². The third-order valence-corrected chi connectivity index (χ3v) is 4.53. The third-order valence-electron chi connectivity index (χ3n) is 4.23. The number of aromatic hydroxyl groups is 1. The van der Waals surface area contributed by atoms with E-state index in [1.807, 2.05) is 6.92 Å². The number of H-pyrrole nitrogens is 1. The Morgan fingerprint density at radius 3 is 2.83 bits per heavy atom. The minimum absolute atomic E-state index is 0.00460. The van der Waals surface area contributed by atoms with Crippen LogP contribution in [0.3, 0.4) is 0 Å². The van der Waals surface area contributed by atoms with Gasteiger partial charge in [0, 0.05) is 12.5 Å². The smallest absolute Gasteiger partial charge is 0.264 e. The molecule has 0 spiro atoms. The molecule has 1 heterocycles. The van der Waals surface area contributed by atoms with Crippen LogP contribution in [0.15, 0.2) is 9.90 Å². The quantitative estimate of drug-likeness (QED) is 0.416. The van der Waals surface area contributed by atoms with Crippen molar-refractivity contribution in [3.63, 3.8) is 0 Å². The highest BCUT2D eigenvalue weighted by Gasteiger charge is 2.21. The van der Waals surface area contributed by atoms with Gasteiger partial charge in [-0.05, 0) is 31.5 Å². The molecule has 3 N–H and O–H groups in total. The van der Waals surface area contributed by atoms with Crippen LogP contribution in [-0.2, 0) is 4.79 Å². The number of carbonyl (C=O) groups is 1. The van der Waals surface area contributed by atoms with Gasteiger partial charge in [-0.3, -0.25) is 19.1 Å². The van der Waals surface area contributed by atoms with E-state index >= 15 is 0 Å². The van der Waals surface area contributed by atoms with Gasteiger partial charge in [0.15, 0.2) is 4.77 Å². The molecular formula is C16H24N4O3S. The Morgan fingerprint density at radius 1 is 1.46 bits per heavy atom. The second-order valence-corrected chi connectivity index (χ2v) is 6.44. The Labute approximate surface area is 145 Å². The van der Waals surface area contributed by atoms with E-state index in [4.69, 9.17) is 12.2 Å². The first-order valence-electron chi connectivity index (χ1n) is 8.44. The number of aromatic amines is 1. The van der Waals surface area contributed by atoms with E-state index in [1.165, 1.54) is 12.6 Å². The maximum Gasteiger partial charge on any atom is 0.264 e.